The molecular formula is C12H10BrClN2O2S. The molecule has 0 N–H and O–H groups in total. The van der Waals surface area contributed by atoms with Crippen LogP contribution in [0.4, 0.5) is 5.82 Å². The van der Waals surface area contributed by atoms with E-state index in [2.05, 4.69) is 20.9 Å². The van der Waals surface area contributed by atoms with Gasteiger partial charge in [0.1, 0.15) is 10.7 Å². The maximum Gasteiger partial charge on any atom is 0.266 e. The van der Waals surface area contributed by atoms with Crippen LogP contribution in [0, 0.1) is 0 Å². The minimum Gasteiger partial charge on any atom is -0.253 e. The fourth-order valence-corrected chi connectivity index (χ4v) is 3.70. The molecule has 0 unspecified atom stereocenters. The maximum absolute atomic E-state index is 12.5. The quantitative estimate of drug-likeness (QED) is 0.842. The van der Waals surface area contributed by atoms with Crippen molar-refractivity contribution in [3.63, 3.8) is 0 Å². The monoisotopic (exact) mass is 360 g/mol. The highest BCUT2D eigenvalue weighted by Gasteiger charge is 2.24. The minimum atomic E-state index is -3.65. The van der Waals surface area contributed by atoms with Crippen molar-refractivity contribution in [1.82, 2.24) is 4.98 Å². The van der Waals surface area contributed by atoms with Gasteiger partial charge in [-0.15, -0.1) is 0 Å². The summed E-state index contributed by atoms with van der Waals surface area (Å²) in [5, 5.41) is 0.454. The highest BCUT2D eigenvalue weighted by molar-refractivity contribution is 9.10. The zero-order valence-electron chi connectivity index (χ0n) is 9.92. The molecule has 1 heterocycles. The average molecular weight is 362 g/mol. The van der Waals surface area contributed by atoms with E-state index in [4.69, 9.17) is 11.6 Å². The lowest BCUT2D eigenvalue weighted by Gasteiger charge is -2.19. The molecule has 0 radical (unpaired) electrons. The van der Waals surface area contributed by atoms with E-state index in [1.807, 2.05) is 0 Å². The first-order valence-corrected chi connectivity index (χ1v) is 7.89. The Balaban J connectivity index is 2.45. The van der Waals surface area contributed by atoms with Gasteiger partial charge in [0.15, 0.2) is 0 Å². The van der Waals surface area contributed by atoms with E-state index in [1.165, 1.54) is 19.3 Å². The van der Waals surface area contributed by atoms with Crippen LogP contribution in [0.25, 0.3) is 0 Å². The topological polar surface area (TPSA) is 50.3 Å². The first kappa shape index (κ1) is 14.3. The van der Waals surface area contributed by atoms with Crippen molar-refractivity contribution >= 4 is 43.4 Å². The van der Waals surface area contributed by atoms with Gasteiger partial charge in [-0.2, -0.15) is 0 Å². The van der Waals surface area contributed by atoms with Gasteiger partial charge in [-0.25, -0.2) is 13.4 Å². The predicted octanol–water partition coefficient (Wildman–Crippen LogP) is 3.32. The van der Waals surface area contributed by atoms with Gasteiger partial charge < -0.3 is 0 Å². The fourth-order valence-electron chi connectivity index (χ4n) is 1.48. The van der Waals surface area contributed by atoms with Gasteiger partial charge in [-0.3, -0.25) is 4.31 Å². The van der Waals surface area contributed by atoms with E-state index in [0.717, 1.165) is 4.31 Å². The third-order valence-electron chi connectivity index (χ3n) is 2.51. The number of sulfonamides is 1. The van der Waals surface area contributed by atoms with Crippen molar-refractivity contribution in [1.29, 1.82) is 0 Å². The second-order valence-corrected chi connectivity index (χ2v) is 6.97. The molecule has 4 nitrogen and oxygen atoms in total. The summed E-state index contributed by atoms with van der Waals surface area (Å²) < 4.78 is 26.5. The number of benzene rings is 1. The number of nitrogens with zero attached hydrogens (tertiary/aromatic N) is 2. The van der Waals surface area contributed by atoms with Crippen LogP contribution in [0.5, 0.6) is 0 Å². The Morgan fingerprint density at radius 1 is 1.21 bits per heavy atom. The van der Waals surface area contributed by atoms with Gasteiger partial charge in [-0.05, 0) is 40.2 Å². The summed E-state index contributed by atoms with van der Waals surface area (Å²) in [5.74, 6) is 0.306. The number of aromatic nitrogens is 1. The van der Waals surface area contributed by atoms with Crippen molar-refractivity contribution in [3.05, 3.63) is 52.1 Å². The molecule has 2 rings (SSSR count). The van der Waals surface area contributed by atoms with Crippen LogP contribution in [0.2, 0.25) is 5.02 Å². The Kier molecular flexibility index (Phi) is 4.13. The summed E-state index contributed by atoms with van der Waals surface area (Å²) in [6, 6.07) is 9.78. The zero-order valence-corrected chi connectivity index (χ0v) is 13.1. The molecule has 0 saturated heterocycles. The Bertz CT molecular complexity index is 689. The number of halogens is 2. The second-order valence-electron chi connectivity index (χ2n) is 3.74. The van der Waals surface area contributed by atoms with Gasteiger partial charge in [0, 0.05) is 17.7 Å². The Morgan fingerprint density at radius 3 is 2.47 bits per heavy atom. The number of pyridine rings is 1. The highest BCUT2D eigenvalue weighted by Crippen LogP contribution is 2.26. The number of anilines is 1. The predicted molar refractivity (Wildman–Crippen MR) is 79.0 cm³/mol. The molecule has 0 saturated carbocycles. The van der Waals surface area contributed by atoms with Crippen LogP contribution < -0.4 is 4.31 Å². The molecule has 0 aliphatic rings. The van der Waals surface area contributed by atoms with Crippen LogP contribution in [0.15, 0.2) is 52.0 Å². The third kappa shape index (κ3) is 2.91. The van der Waals surface area contributed by atoms with Crippen molar-refractivity contribution in [3.8, 4) is 0 Å². The molecule has 0 fully saturated rings. The van der Waals surface area contributed by atoms with E-state index in [9.17, 15) is 8.42 Å². The summed E-state index contributed by atoms with van der Waals surface area (Å²) in [6.45, 7) is 0. The highest BCUT2D eigenvalue weighted by atomic mass is 79.9. The average Bonchev–Trinajstić information content (AvgIpc) is 2.39. The van der Waals surface area contributed by atoms with E-state index in [-0.39, 0.29) is 4.90 Å². The maximum atomic E-state index is 12.5. The third-order valence-corrected chi connectivity index (χ3v) is 5.51. The van der Waals surface area contributed by atoms with E-state index in [0.29, 0.717) is 15.3 Å². The van der Waals surface area contributed by atoms with E-state index >= 15 is 0 Å². The summed E-state index contributed by atoms with van der Waals surface area (Å²) in [4.78, 5) is 4.19. The molecule has 0 atom stereocenters. The summed E-state index contributed by atoms with van der Waals surface area (Å²) in [5.41, 5.74) is 0. The lowest BCUT2D eigenvalue weighted by molar-refractivity contribution is 0.593. The molecule has 2 aromatic rings. The van der Waals surface area contributed by atoms with Crippen LogP contribution in [0.3, 0.4) is 0 Å². The molecule has 0 amide bonds. The number of rotatable bonds is 3. The molecule has 0 spiro atoms. The van der Waals surface area contributed by atoms with Crippen LogP contribution >= 0.6 is 27.5 Å². The molecule has 0 aliphatic heterocycles. The SMILES string of the molecule is CN(c1ccc(Cl)cn1)S(=O)(=O)c1ccccc1Br. The summed E-state index contributed by atoms with van der Waals surface area (Å²) >= 11 is 8.97. The number of hydrogen-bond donors (Lipinski definition) is 0. The van der Waals surface area contributed by atoms with Crippen molar-refractivity contribution in [2.75, 3.05) is 11.4 Å². The van der Waals surface area contributed by atoms with E-state index in [1.54, 1.807) is 30.3 Å². The lowest BCUT2D eigenvalue weighted by Crippen LogP contribution is -2.27. The summed E-state index contributed by atoms with van der Waals surface area (Å²) in [7, 11) is -2.21. The minimum absolute atomic E-state index is 0.189. The van der Waals surface area contributed by atoms with Gasteiger partial charge in [0.05, 0.1) is 5.02 Å². The molecule has 0 bridgehead atoms. The van der Waals surface area contributed by atoms with Crippen molar-refractivity contribution < 1.29 is 8.42 Å². The van der Waals surface area contributed by atoms with Gasteiger partial charge in [-0.1, -0.05) is 23.7 Å². The Hall–Kier alpha value is -1.11. The number of hydrogen-bond acceptors (Lipinski definition) is 3. The lowest BCUT2D eigenvalue weighted by atomic mass is 10.4. The Morgan fingerprint density at radius 2 is 1.89 bits per heavy atom. The molecular weight excluding hydrogens is 352 g/mol. The Labute approximate surface area is 125 Å². The molecule has 1 aromatic carbocycles. The smallest absolute Gasteiger partial charge is 0.253 e. The summed E-state index contributed by atoms with van der Waals surface area (Å²) in [6.07, 6.45) is 1.41. The first-order valence-electron chi connectivity index (χ1n) is 5.28. The first-order chi connectivity index (χ1) is 8.93. The van der Waals surface area contributed by atoms with Gasteiger partial charge in [0.25, 0.3) is 10.0 Å². The molecule has 19 heavy (non-hydrogen) atoms. The second kappa shape index (κ2) is 5.48. The van der Waals surface area contributed by atoms with Crippen LogP contribution in [-0.2, 0) is 10.0 Å². The van der Waals surface area contributed by atoms with Crippen molar-refractivity contribution in [2.24, 2.45) is 0 Å². The fraction of sp³-hybridized carbons (Fsp3) is 0.0833. The largest absolute Gasteiger partial charge is 0.266 e. The van der Waals surface area contributed by atoms with Crippen LogP contribution in [-0.4, -0.2) is 20.4 Å². The molecule has 1 aromatic heterocycles. The molecule has 100 valence electrons. The molecule has 0 aliphatic carbocycles. The normalized spacial score (nSPS) is 11.3. The van der Waals surface area contributed by atoms with Crippen LogP contribution in [0.1, 0.15) is 0 Å². The zero-order chi connectivity index (χ0) is 14.0. The van der Waals surface area contributed by atoms with E-state index < -0.39 is 10.0 Å². The van der Waals surface area contributed by atoms with Gasteiger partial charge in [0.2, 0.25) is 0 Å². The molecule has 7 heteroatoms. The van der Waals surface area contributed by atoms with Gasteiger partial charge >= 0.3 is 0 Å². The van der Waals surface area contributed by atoms with Crippen molar-refractivity contribution in [2.45, 2.75) is 4.90 Å². The standard InChI is InChI=1S/C12H10BrClN2O2S/c1-16(12-7-6-9(14)8-15-12)19(17,18)11-5-3-2-4-10(11)13/h2-8H,1H3.